The summed E-state index contributed by atoms with van der Waals surface area (Å²) in [5.74, 6) is -4.03. The maximum atomic E-state index is 14.7. The van der Waals surface area contributed by atoms with Crippen LogP contribution in [0.1, 0.15) is 95.6 Å². The number of rotatable bonds is 17. The molecule has 2 aromatic carbocycles. The van der Waals surface area contributed by atoms with E-state index in [1.807, 2.05) is 60.7 Å². The summed E-state index contributed by atoms with van der Waals surface area (Å²) in [7, 11) is 2.92. The SMILES string of the molecule is CC(C)[C@@H](C(=O)N(C)[C@@H](CC(=O)O)C(=O)N1CCCCC1)N(C)C(=O)C1(NC(=O)[C@@H]2CCCN2C(=O)C(CCc2ccccc2)NC(=O)OCc2ccccc2)CCCC1. The van der Waals surface area contributed by atoms with Gasteiger partial charge in [0.1, 0.15) is 36.3 Å². The molecule has 6 amide bonds. The van der Waals surface area contributed by atoms with Gasteiger partial charge in [0.25, 0.3) is 0 Å². The normalized spacial score (nSPS) is 18.9. The van der Waals surface area contributed by atoms with E-state index in [9.17, 15) is 38.7 Å². The van der Waals surface area contributed by atoms with E-state index in [1.54, 1.807) is 18.7 Å². The van der Waals surface area contributed by atoms with Gasteiger partial charge >= 0.3 is 12.1 Å². The van der Waals surface area contributed by atoms with Crippen LogP contribution >= 0.6 is 0 Å². The van der Waals surface area contributed by atoms with E-state index in [1.165, 1.54) is 28.8 Å². The van der Waals surface area contributed by atoms with Crippen molar-refractivity contribution in [3.8, 4) is 0 Å². The molecule has 2 aromatic rings. The van der Waals surface area contributed by atoms with E-state index in [2.05, 4.69) is 10.6 Å². The highest BCUT2D eigenvalue weighted by Crippen LogP contribution is 2.34. The number of aryl methyl sites for hydroxylation is 1. The third-order valence-electron chi connectivity index (χ3n) is 12.2. The number of carbonyl (C=O) groups excluding carboxylic acids is 6. The number of carboxylic acid groups (broad SMARTS) is 1. The van der Waals surface area contributed by atoms with Crippen LogP contribution in [0.4, 0.5) is 4.79 Å². The van der Waals surface area contributed by atoms with Gasteiger partial charge < -0.3 is 40.1 Å². The van der Waals surface area contributed by atoms with Crippen molar-refractivity contribution in [2.24, 2.45) is 5.92 Å². The molecule has 1 unspecified atom stereocenters. The first kappa shape index (κ1) is 45.6. The van der Waals surface area contributed by atoms with Crippen LogP contribution < -0.4 is 10.6 Å². The second-order valence-electron chi connectivity index (χ2n) is 16.8. The van der Waals surface area contributed by atoms with Gasteiger partial charge in [0.2, 0.25) is 29.5 Å². The fraction of sp³-hybridized carbons (Fsp3) is 0.578. The number of hydrogen-bond donors (Lipinski definition) is 3. The average Bonchev–Trinajstić information content (AvgIpc) is 3.95. The Morgan fingerprint density at radius 3 is 2.02 bits per heavy atom. The summed E-state index contributed by atoms with van der Waals surface area (Å²) in [5.41, 5.74) is 0.413. The molecule has 1 saturated carbocycles. The molecule has 0 spiro atoms. The van der Waals surface area contributed by atoms with E-state index < -0.39 is 83.6 Å². The van der Waals surface area contributed by atoms with E-state index in [0.717, 1.165) is 30.4 Å². The fourth-order valence-corrected chi connectivity index (χ4v) is 8.92. The van der Waals surface area contributed by atoms with Crippen LogP contribution in [-0.2, 0) is 46.5 Å². The standard InChI is InChI=1S/C45H62N6O9/c1-31(2)38(42(57)48(3)36(29-37(52)53)41(56)50-26-14-7-15-27-50)49(4)43(58)45(24-12-13-25-45)47-39(54)35-21-16-28-51(35)40(55)34(23-22-32-17-8-5-9-18-32)46-44(59)60-30-33-19-10-6-11-20-33/h5-6,8-11,17-20,31,34-36,38H,7,12-16,21-30H2,1-4H3,(H,46,59)(H,47,54)(H,52,53)/t34?,35-,36-,38-/m0/s1. The zero-order valence-electron chi connectivity index (χ0n) is 35.5. The van der Waals surface area contributed by atoms with E-state index >= 15 is 0 Å². The van der Waals surface area contributed by atoms with Gasteiger partial charge in [-0.15, -0.1) is 0 Å². The Hall–Kier alpha value is -5.47. The van der Waals surface area contributed by atoms with Crippen LogP contribution in [0, 0.1) is 5.92 Å². The number of piperidine rings is 1. The molecule has 2 aliphatic heterocycles. The second kappa shape index (κ2) is 21.2. The Morgan fingerprint density at radius 1 is 0.800 bits per heavy atom. The Balaban J connectivity index is 1.31. The van der Waals surface area contributed by atoms with Crippen LogP contribution in [0.15, 0.2) is 60.7 Å². The number of ether oxygens (including phenoxy) is 1. The molecule has 15 heteroatoms. The van der Waals surface area contributed by atoms with Crippen LogP contribution in [0.5, 0.6) is 0 Å². The van der Waals surface area contributed by atoms with Crippen LogP contribution in [0.2, 0.25) is 0 Å². The van der Waals surface area contributed by atoms with Gasteiger partial charge in [0.15, 0.2) is 0 Å². The number of alkyl carbamates (subject to hydrolysis) is 1. The van der Waals surface area contributed by atoms with Gasteiger partial charge in [0, 0.05) is 33.7 Å². The largest absolute Gasteiger partial charge is 0.481 e. The number of hydrogen-bond acceptors (Lipinski definition) is 8. The third kappa shape index (κ3) is 11.4. The predicted octanol–water partition coefficient (Wildman–Crippen LogP) is 4.13. The predicted molar refractivity (Wildman–Crippen MR) is 223 cm³/mol. The molecule has 2 heterocycles. The molecule has 5 rings (SSSR count). The van der Waals surface area contributed by atoms with Gasteiger partial charge in [-0.05, 0) is 74.8 Å². The highest BCUT2D eigenvalue weighted by Gasteiger charge is 2.50. The van der Waals surface area contributed by atoms with Crippen molar-refractivity contribution >= 4 is 41.6 Å². The zero-order valence-corrected chi connectivity index (χ0v) is 35.5. The molecule has 3 fully saturated rings. The molecule has 1 aliphatic carbocycles. The summed E-state index contributed by atoms with van der Waals surface area (Å²) >= 11 is 0. The molecule has 3 N–H and O–H groups in total. The number of nitrogens with zero attached hydrogens (tertiary/aromatic N) is 4. The lowest BCUT2D eigenvalue weighted by molar-refractivity contribution is -0.156. The van der Waals surface area contributed by atoms with Crippen molar-refractivity contribution in [2.75, 3.05) is 33.7 Å². The number of aliphatic carboxylic acids is 1. The second-order valence-corrected chi connectivity index (χ2v) is 16.8. The molecule has 4 atom stereocenters. The number of carbonyl (C=O) groups is 7. The van der Waals surface area contributed by atoms with Crippen LogP contribution in [-0.4, -0.2) is 130 Å². The molecular weight excluding hydrogens is 769 g/mol. The first-order chi connectivity index (χ1) is 28.7. The Kier molecular flexibility index (Phi) is 16.1. The highest BCUT2D eigenvalue weighted by atomic mass is 16.5. The maximum Gasteiger partial charge on any atom is 0.408 e. The highest BCUT2D eigenvalue weighted by molar-refractivity contribution is 5.99. The first-order valence-electron chi connectivity index (χ1n) is 21.4. The van der Waals surface area contributed by atoms with Crippen molar-refractivity contribution in [1.82, 2.24) is 30.2 Å². The van der Waals surface area contributed by atoms with Gasteiger partial charge in [-0.2, -0.15) is 0 Å². The third-order valence-corrected chi connectivity index (χ3v) is 12.2. The number of amides is 6. The monoisotopic (exact) mass is 830 g/mol. The molecular formula is C45H62N6O9. The van der Waals surface area contributed by atoms with Gasteiger partial charge in [-0.3, -0.25) is 28.8 Å². The average molecular weight is 831 g/mol. The fourth-order valence-electron chi connectivity index (χ4n) is 8.92. The van der Waals surface area contributed by atoms with Crippen molar-refractivity contribution in [2.45, 2.75) is 127 Å². The molecule has 60 heavy (non-hydrogen) atoms. The van der Waals surface area contributed by atoms with Gasteiger partial charge in [-0.1, -0.05) is 87.4 Å². The Bertz CT molecular complexity index is 1810. The van der Waals surface area contributed by atoms with Crippen molar-refractivity contribution in [1.29, 1.82) is 0 Å². The summed E-state index contributed by atoms with van der Waals surface area (Å²) in [6.45, 7) is 4.83. The van der Waals surface area contributed by atoms with Crippen molar-refractivity contribution in [3.05, 3.63) is 71.8 Å². The Labute approximate surface area is 353 Å². The summed E-state index contributed by atoms with van der Waals surface area (Å²) in [6.07, 6.45) is 4.81. The number of nitrogens with one attached hydrogen (secondary N) is 2. The van der Waals surface area contributed by atoms with Crippen LogP contribution in [0.3, 0.4) is 0 Å². The molecule has 0 aromatic heterocycles. The van der Waals surface area contributed by atoms with E-state index in [-0.39, 0.29) is 19.6 Å². The van der Waals surface area contributed by atoms with Gasteiger partial charge in [0.05, 0.1) is 6.42 Å². The van der Waals surface area contributed by atoms with Crippen molar-refractivity contribution < 1.29 is 43.4 Å². The molecule has 326 valence electrons. The molecule has 3 aliphatic rings. The summed E-state index contributed by atoms with van der Waals surface area (Å²) in [6, 6.07) is 14.6. The minimum absolute atomic E-state index is 0.0186. The lowest BCUT2D eigenvalue weighted by atomic mass is 9.91. The van der Waals surface area contributed by atoms with Crippen molar-refractivity contribution in [3.63, 3.8) is 0 Å². The quantitative estimate of drug-likeness (QED) is 0.211. The number of likely N-dealkylation sites (N-methyl/N-ethyl adjacent to an activating group) is 2. The summed E-state index contributed by atoms with van der Waals surface area (Å²) < 4.78 is 5.47. The number of benzene rings is 2. The number of likely N-dealkylation sites (tertiary alicyclic amines) is 2. The topological polar surface area (TPSA) is 186 Å². The summed E-state index contributed by atoms with van der Waals surface area (Å²) in [4.78, 5) is 102. The lowest BCUT2D eigenvalue weighted by Crippen LogP contribution is -2.65. The van der Waals surface area contributed by atoms with Gasteiger partial charge in [-0.25, -0.2) is 4.79 Å². The van der Waals surface area contributed by atoms with E-state index in [0.29, 0.717) is 58.0 Å². The van der Waals surface area contributed by atoms with E-state index in [4.69, 9.17) is 4.74 Å². The minimum atomic E-state index is -1.36. The molecule has 0 bridgehead atoms. The lowest BCUT2D eigenvalue weighted by Gasteiger charge is -2.41. The molecule has 15 nitrogen and oxygen atoms in total. The zero-order chi connectivity index (χ0) is 43.4. The smallest absolute Gasteiger partial charge is 0.408 e. The number of carboxylic acids is 1. The first-order valence-corrected chi connectivity index (χ1v) is 21.4. The maximum absolute atomic E-state index is 14.7. The molecule has 0 radical (unpaired) electrons. The summed E-state index contributed by atoms with van der Waals surface area (Å²) in [5, 5.41) is 15.6. The minimum Gasteiger partial charge on any atom is -0.481 e. The van der Waals surface area contributed by atoms with Crippen LogP contribution in [0.25, 0.3) is 0 Å². The molecule has 2 saturated heterocycles. The Morgan fingerprint density at radius 2 is 1.42 bits per heavy atom.